The standard InChI is InChI=1S/C13H15BrClN3/c1-9(2)18-6-5-13(17-18)16-8-10-3-4-11(14)12(15)7-10/h3-7,9H,8H2,1-2H3,(H,16,17). The number of rotatable bonds is 4. The summed E-state index contributed by atoms with van der Waals surface area (Å²) in [5.74, 6) is 0.878. The van der Waals surface area contributed by atoms with Crippen molar-refractivity contribution in [2.24, 2.45) is 0 Å². The van der Waals surface area contributed by atoms with Crippen molar-refractivity contribution >= 4 is 33.3 Å². The fraction of sp³-hybridized carbons (Fsp3) is 0.308. The Bertz CT molecular complexity index is 537. The minimum absolute atomic E-state index is 0.377. The Kier molecular flexibility index (Phi) is 4.30. The molecule has 3 nitrogen and oxygen atoms in total. The van der Waals surface area contributed by atoms with Crippen LogP contribution in [-0.4, -0.2) is 9.78 Å². The van der Waals surface area contributed by atoms with E-state index in [1.165, 1.54) is 0 Å². The van der Waals surface area contributed by atoms with E-state index < -0.39 is 0 Å². The second-order valence-corrected chi connectivity index (χ2v) is 5.64. The van der Waals surface area contributed by atoms with Gasteiger partial charge in [-0.3, -0.25) is 4.68 Å². The highest BCUT2D eigenvalue weighted by Crippen LogP contribution is 2.23. The van der Waals surface area contributed by atoms with E-state index in [2.05, 4.69) is 40.2 Å². The van der Waals surface area contributed by atoms with Crippen LogP contribution in [0, 0.1) is 0 Å². The summed E-state index contributed by atoms with van der Waals surface area (Å²) in [4.78, 5) is 0. The lowest BCUT2D eigenvalue weighted by Crippen LogP contribution is -2.04. The van der Waals surface area contributed by atoms with E-state index in [9.17, 15) is 0 Å². The van der Waals surface area contributed by atoms with Crippen molar-refractivity contribution in [3.63, 3.8) is 0 Å². The minimum atomic E-state index is 0.377. The molecule has 18 heavy (non-hydrogen) atoms. The molecule has 0 saturated heterocycles. The molecule has 5 heteroatoms. The summed E-state index contributed by atoms with van der Waals surface area (Å²) in [6.45, 7) is 4.92. The molecule has 1 heterocycles. The smallest absolute Gasteiger partial charge is 0.148 e. The quantitative estimate of drug-likeness (QED) is 0.896. The molecule has 0 aliphatic rings. The molecule has 0 unspecified atom stereocenters. The summed E-state index contributed by atoms with van der Waals surface area (Å²) in [5.41, 5.74) is 1.13. The van der Waals surface area contributed by atoms with Gasteiger partial charge >= 0.3 is 0 Å². The zero-order valence-corrected chi connectivity index (χ0v) is 12.7. The second-order valence-electron chi connectivity index (χ2n) is 4.38. The van der Waals surface area contributed by atoms with Crippen LogP contribution >= 0.6 is 27.5 Å². The summed E-state index contributed by atoms with van der Waals surface area (Å²) in [7, 11) is 0. The van der Waals surface area contributed by atoms with Crippen LogP contribution in [-0.2, 0) is 6.54 Å². The van der Waals surface area contributed by atoms with Crippen molar-refractivity contribution in [2.45, 2.75) is 26.4 Å². The first-order valence-electron chi connectivity index (χ1n) is 5.79. The molecule has 0 fully saturated rings. The monoisotopic (exact) mass is 327 g/mol. The number of halogens is 2. The highest BCUT2D eigenvalue weighted by Gasteiger charge is 2.03. The summed E-state index contributed by atoms with van der Waals surface area (Å²) >= 11 is 9.42. The Morgan fingerprint density at radius 2 is 2.17 bits per heavy atom. The number of hydrogen-bond acceptors (Lipinski definition) is 2. The number of anilines is 1. The van der Waals surface area contributed by atoms with Gasteiger partial charge in [0.2, 0.25) is 0 Å². The molecule has 0 radical (unpaired) electrons. The molecule has 0 aliphatic carbocycles. The van der Waals surface area contributed by atoms with E-state index in [1.807, 2.05) is 35.1 Å². The van der Waals surface area contributed by atoms with E-state index in [0.29, 0.717) is 12.6 Å². The third kappa shape index (κ3) is 3.27. The van der Waals surface area contributed by atoms with Crippen LogP contribution < -0.4 is 5.32 Å². The molecular formula is C13H15BrClN3. The number of hydrogen-bond donors (Lipinski definition) is 1. The predicted molar refractivity (Wildman–Crippen MR) is 79.1 cm³/mol. The first kappa shape index (κ1) is 13.4. The van der Waals surface area contributed by atoms with E-state index in [4.69, 9.17) is 11.6 Å². The van der Waals surface area contributed by atoms with Gasteiger partial charge in [0, 0.05) is 29.3 Å². The van der Waals surface area contributed by atoms with Gasteiger partial charge in [-0.1, -0.05) is 17.7 Å². The third-order valence-electron chi connectivity index (χ3n) is 2.60. The molecule has 1 N–H and O–H groups in total. The van der Waals surface area contributed by atoms with Gasteiger partial charge in [-0.15, -0.1) is 0 Å². The van der Waals surface area contributed by atoms with Gasteiger partial charge in [0.15, 0.2) is 0 Å². The average molecular weight is 329 g/mol. The highest BCUT2D eigenvalue weighted by atomic mass is 79.9. The molecular weight excluding hydrogens is 314 g/mol. The molecule has 0 saturated carbocycles. The molecule has 1 aromatic carbocycles. The first-order chi connectivity index (χ1) is 8.56. The van der Waals surface area contributed by atoms with Gasteiger partial charge in [0.25, 0.3) is 0 Å². The highest BCUT2D eigenvalue weighted by molar-refractivity contribution is 9.10. The minimum Gasteiger partial charge on any atom is -0.365 e. The van der Waals surface area contributed by atoms with Gasteiger partial charge in [0.1, 0.15) is 5.82 Å². The van der Waals surface area contributed by atoms with Crippen molar-refractivity contribution in [1.82, 2.24) is 9.78 Å². The average Bonchev–Trinajstić information content (AvgIpc) is 2.79. The SMILES string of the molecule is CC(C)n1ccc(NCc2ccc(Br)c(Cl)c2)n1. The van der Waals surface area contributed by atoms with Crippen LogP contribution in [0.15, 0.2) is 34.9 Å². The van der Waals surface area contributed by atoms with E-state index in [1.54, 1.807) is 0 Å². The van der Waals surface area contributed by atoms with Crippen LogP contribution in [0.1, 0.15) is 25.5 Å². The zero-order chi connectivity index (χ0) is 13.1. The molecule has 0 aliphatic heterocycles. The van der Waals surface area contributed by atoms with E-state index in [-0.39, 0.29) is 0 Å². The van der Waals surface area contributed by atoms with Crippen LogP contribution in [0.4, 0.5) is 5.82 Å². The fourth-order valence-corrected chi connectivity index (χ4v) is 2.01. The first-order valence-corrected chi connectivity index (χ1v) is 6.96. The fourth-order valence-electron chi connectivity index (χ4n) is 1.56. The molecule has 0 bridgehead atoms. The molecule has 2 rings (SSSR count). The van der Waals surface area contributed by atoms with Crippen molar-refractivity contribution < 1.29 is 0 Å². The van der Waals surface area contributed by atoms with Gasteiger partial charge in [-0.05, 0) is 47.5 Å². The lowest BCUT2D eigenvalue weighted by molar-refractivity contribution is 0.534. The number of nitrogens with one attached hydrogen (secondary N) is 1. The maximum atomic E-state index is 6.05. The molecule has 2 aromatic rings. The molecule has 0 atom stereocenters. The third-order valence-corrected chi connectivity index (χ3v) is 3.83. The Labute approximate surface area is 120 Å². The van der Waals surface area contributed by atoms with Gasteiger partial charge in [-0.25, -0.2) is 0 Å². The Balaban J connectivity index is 2.00. The summed E-state index contributed by atoms with van der Waals surface area (Å²) < 4.78 is 2.84. The summed E-state index contributed by atoms with van der Waals surface area (Å²) in [5, 5.41) is 8.43. The van der Waals surface area contributed by atoms with Crippen molar-refractivity contribution in [3.05, 3.63) is 45.5 Å². The lowest BCUT2D eigenvalue weighted by Gasteiger charge is -2.06. The number of nitrogens with zero attached hydrogens (tertiary/aromatic N) is 2. The van der Waals surface area contributed by atoms with Crippen molar-refractivity contribution in [1.29, 1.82) is 0 Å². The molecule has 0 amide bonds. The predicted octanol–water partition coefficient (Wildman–Crippen LogP) is 4.49. The topological polar surface area (TPSA) is 29.9 Å². The normalized spacial score (nSPS) is 10.9. The maximum Gasteiger partial charge on any atom is 0.148 e. The van der Waals surface area contributed by atoms with Gasteiger partial charge < -0.3 is 5.32 Å². The van der Waals surface area contributed by atoms with Gasteiger partial charge in [-0.2, -0.15) is 5.10 Å². The van der Waals surface area contributed by atoms with E-state index >= 15 is 0 Å². The Hall–Kier alpha value is -1.00. The number of benzene rings is 1. The second kappa shape index (κ2) is 5.76. The number of aromatic nitrogens is 2. The Morgan fingerprint density at radius 1 is 1.39 bits per heavy atom. The summed E-state index contributed by atoms with van der Waals surface area (Å²) in [6, 6.07) is 8.27. The van der Waals surface area contributed by atoms with E-state index in [0.717, 1.165) is 20.9 Å². The van der Waals surface area contributed by atoms with Crippen LogP contribution in [0.3, 0.4) is 0 Å². The van der Waals surface area contributed by atoms with Crippen molar-refractivity contribution in [2.75, 3.05) is 5.32 Å². The van der Waals surface area contributed by atoms with Crippen LogP contribution in [0.25, 0.3) is 0 Å². The molecule has 96 valence electrons. The lowest BCUT2D eigenvalue weighted by atomic mass is 10.2. The van der Waals surface area contributed by atoms with Crippen molar-refractivity contribution in [3.8, 4) is 0 Å². The van der Waals surface area contributed by atoms with Crippen LogP contribution in [0.5, 0.6) is 0 Å². The molecule has 0 spiro atoms. The molecule has 1 aromatic heterocycles. The largest absolute Gasteiger partial charge is 0.365 e. The summed E-state index contributed by atoms with van der Waals surface area (Å²) in [6.07, 6.45) is 1.97. The van der Waals surface area contributed by atoms with Gasteiger partial charge in [0.05, 0.1) is 5.02 Å². The maximum absolute atomic E-state index is 6.05. The Morgan fingerprint density at radius 3 is 2.78 bits per heavy atom. The van der Waals surface area contributed by atoms with Crippen LogP contribution in [0.2, 0.25) is 5.02 Å². The zero-order valence-electron chi connectivity index (χ0n) is 10.3.